The summed E-state index contributed by atoms with van der Waals surface area (Å²) in [5.41, 5.74) is 3.50. The van der Waals surface area contributed by atoms with Gasteiger partial charge in [-0.25, -0.2) is 0 Å². The van der Waals surface area contributed by atoms with Crippen LogP contribution in [0.5, 0.6) is 0 Å². The topological polar surface area (TPSA) is 65.7 Å². The second-order valence-electron chi connectivity index (χ2n) is 10.2. The highest BCUT2D eigenvalue weighted by molar-refractivity contribution is 6.33. The number of carbonyl (C=O) groups excluding carboxylic acids is 1. The monoisotopic (exact) mass is 487 g/mol. The number of aryl methyl sites for hydroxylation is 2. The molecule has 1 aromatic heterocycles. The van der Waals surface area contributed by atoms with Gasteiger partial charge in [-0.3, -0.25) is 14.5 Å². The Labute approximate surface area is 209 Å². The number of hydrogen-bond acceptors (Lipinski definition) is 5. The molecule has 0 saturated heterocycles. The summed E-state index contributed by atoms with van der Waals surface area (Å²) in [7, 11) is 3.50. The second-order valence-corrected chi connectivity index (χ2v) is 10.5. The number of carbonyl (C=O) groups is 1. The molecule has 0 aliphatic heterocycles. The Morgan fingerprint density at radius 2 is 1.76 bits per heavy atom. The van der Waals surface area contributed by atoms with Gasteiger partial charge in [0.05, 0.1) is 16.1 Å². The normalized spacial score (nSPS) is 14.2. The van der Waals surface area contributed by atoms with E-state index >= 15 is 0 Å². The van der Waals surface area contributed by atoms with Gasteiger partial charge in [0, 0.05) is 32.8 Å². The van der Waals surface area contributed by atoms with Gasteiger partial charge in [-0.15, -0.1) is 0 Å². The number of esters is 1. The predicted octanol–water partition coefficient (Wildman–Crippen LogP) is 6.59. The first-order chi connectivity index (χ1) is 15.7. The molecule has 7 heteroatoms. The fraction of sp³-hybridized carbons (Fsp3) is 0.519. The lowest BCUT2D eigenvalue weighted by molar-refractivity contribution is -0.174. The molecule has 0 N–H and O–H groups in total. The maximum atomic E-state index is 12.7. The third kappa shape index (κ3) is 6.29. The average molecular weight is 488 g/mol. The fourth-order valence-electron chi connectivity index (χ4n) is 3.31. The van der Waals surface area contributed by atoms with Crippen molar-refractivity contribution < 1.29 is 14.3 Å². The van der Waals surface area contributed by atoms with Gasteiger partial charge in [0.25, 0.3) is 0 Å². The van der Waals surface area contributed by atoms with Crippen molar-refractivity contribution in [3.8, 4) is 0 Å². The predicted molar refractivity (Wildman–Crippen MR) is 140 cm³/mol. The summed E-state index contributed by atoms with van der Waals surface area (Å²) in [6.45, 7) is 15.7. The first-order valence-electron chi connectivity index (χ1n) is 11.6. The van der Waals surface area contributed by atoms with Crippen molar-refractivity contribution in [3.63, 3.8) is 0 Å². The molecule has 34 heavy (non-hydrogen) atoms. The lowest BCUT2D eigenvalue weighted by atomic mass is 9.86. The molecule has 0 spiro atoms. The summed E-state index contributed by atoms with van der Waals surface area (Å²) >= 11 is 6.66. The molecule has 186 valence electrons. The van der Waals surface area contributed by atoms with Gasteiger partial charge < -0.3 is 9.47 Å². The van der Waals surface area contributed by atoms with Gasteiger partial charge in [-0.1, -0.05) is 63.6 Å². The van der Waals surface area contributed by atoms with Gasteiger partial charge in [-0.05, 0) is 43.7 Å². The van der Waals surface area contributed by atoms with Gasteiger partial charge in [0.1, 0.15) is 5.69 Å². The minimum absolute atomic E-state index is 0.0256. The molecule has 1 aromatic carbocycles. The highest BCUT2D eigenvalue weighted by Gasteiger charge is 2.30. The minimum Gasteiger partial charge on any atom is -0.452 e. The standard InChI is InChI=1S/C27H38ClN3O3/c1-11-27(7,8)25(32)34-18(3)33-24(23-22(28)17(2)30-31(23)10)21(16-29-9)19-12-14-20(15-13-19)26(4,5)6/h12-16,18H,11H2,1-10H3/b24-21-,29-16-. The smallest absolute Gasteiger partial charge is 0.314 e. The van der Waals surface area contributed by atoms with Crippen molar-refractivity contribution >= 4 is 35.1 Å². The molecule has 1 heterocycles. The van der Waals surface area contributed by atoms with Crippen molar-refractivity contribution in [2.24, 2.45) is 17.5 Å². The summed E-state index contributed by atoms with van der Waals surface area (Å²) in [6.07, 6.45) is 1.53. The van der Waals surface area contributed by atoms with E-state index < -0.39 is 11.7 Å². The fourth-order valence-corrected chi connectivity index (χ4v) is 3.56. The van der Waals surface area contributed by atoms with E-state index in [1.54, 1.807) is 31.9 Å². The Balaban J connectivity index is 2.65. The molecule has 0 aliphatic rings. The number of ether oxygens (including phenoxy) is 2. The molecule has 1 unspecified atom stereocenters. The van der Waals surface area contributed by atoms with E-state index in [-0.39, 0.29) is 11.4 Å². The zero-order valence-corrected chi connectivity index (χ0v) is 22.9. The molecule has 0 radical (unpaired) electrons. The number of halogens is 1. The Morgan fingerprint density at radius 3 is 2.21 bits per heavy atom. The Bertz CT molecular complexity index is 1070. The largest absolute Gasteiger partial charge is 0.452 e. The molecule has 2 aromatic rings. The zero-order chi connectivity index (χ0) is 25.8. The zero-order valence-electron chi connectivity index (χ0n) is 22.1. The number of rotatable bonds is 8. The summed E-state index contributed by atoms with van der Waals surface area (Å²) in [5, 5.41) is 4.92. The number of aromatic nitrogens is 2. The molecule has 6 nitrogen and oxygen atoms in total. The van der Waals surface area contributed by atoms with E-state index in [4.69, 9.17) is 21.1 Å². The van der Waals surface area contributed by atoms with Crippen LogP contribution >= 0.6 is 11.6 Å². The van der Waals surface area contributed by atoms with E-state index in [1.807, 2.05) is 39.8 Å². The number of hydrogen-bond donors (Lipinski definition) is 0. The highest BCUT2D eigenvalue weighted by Crippen LogP contribution is 2.35. The molecule has 1 atom stereocenters. The molecule has 0 saturated carbocycles. The number of nitrogens with zero attached hydrogens (tertiary/aromatic N) is 3. The van der Waals surface area contributed by atoms with Crippen molar-refractivity contribution in [3.05, 3.63) is 51.8 Å². The first-order valence-corrected chi connectivity index (χ1v) is 11.9. The number of allylic oxidation sites excluding steroid dienone is 1. The highest BCUT2D eigenvalue weighted by atomic mass is 35.5. The lowest BCUT2D eigenvalue weighted by Crippen LogP contribution is -2.30. The Hall–Kier alpha value is -2.60. The lowest BCUT2D eigenvalue weighted by Gasteiger charge is -2.25. The van der Waals surface area contributed by atoms with E-state index in [1.165, 1.54) is 5.56 Å². The second kappa shape index (κ2) is 10.8. The Morgan fingerprint density at radius 1 is 1.18 bits per heavy atom. The van der Waals surface area contributed by atoms with E-state index in [2.05, 4.69) is 43.0 Å². The van der Waals surface area contributed by atoms with Gasteiger partial charge >= 0.3 is 5.97 Å². The summed E-state index contributed by atoms with van der Waals surface area (Å²) < 4.78 is 13.6. The number of aliphatic imine (C=N–C) groups is 1. The quantitative estimate of drug-likeness (QED) is 0.182. The van der Waals surface area contributed by atoms with Crippen molar-refractivity contribution in [2.45, 2.75) is 73.5 Å². The summed E-state index contributed by atoms with van der Waals surface area (Å²) in [5.74, 6) is 0.117. The number of benzene rings is 1. The molecule has 0 aliphatic carbocycles. The van der Waals surface area contributed by atoms with Crippen LogP contribution in [0.4, 0.5) is 0 Å². The molecule has 0 fully saturated rings. The van der Waals surface area contributed by atoms with E-state index in [9.17, 15) is 4.79 Å². The molecular formula is C27H38ClN3O3. The molecular weight excluding hydrogens is 450 g/mol. The summed E-state index contributed by atoms with van der Waals surface area (Å²) in [6, 6.07) is 8.27. The van der Waals surface area contributed by atoms with Crippen LogP contribution in [0.25, 0.3) is 11.3 Å². The average Bonchev–Trinajstić information content (AvgIpc) is 3.01. The van der Waals surface area contributed by atoms with Crippen LogP contribution in [-0.2, 0) is 26.7 Å². The third-order valence-corrected chi connectivity index (χ3v) is 6.37. The molecule has 0 amide bonds. The van der Waals surface area contributed by atoms with Crippen LogP contribution < -0.4 is 0 Å². The molecule has 0 bridgehead atoms. The van der Waals surface area contributed by atoms with Crippen molar-refractivity contribution in [1.82, 2.24) is 9.78 Å². The van der Waals surface area contributed by atoms with Gasteiger partial charge in [0.15, 0.2) is 5.76 Å². The van der Waals surface area contributed by atoms with Crippen LogP contribution in [0.2, 0.25) is 5.02 Å². The third-order valence-electron chi connectivity index (χ3n) is 5.92. The summed E-state index contributed by atoms with van der Waals surface area (Å²) in [4.78, 5) is 16.9. The SMILES string of the molecule is CCC(C)(C)C(=O)OC(C)O/C(=C(/C=N\C)c1ccc(C(C)(C)C)cc1)c1c(Cl)c(C)nn1C. The van der Waals surface area contributed by atoms with Crippen LogP contribution in [0, 0.1) is 12.3 Å². The van der Waals surface area contributed by atoms with E-state index in [0.29, 0.717) is 34.2 Å². The van der Waals surface area contributed by atoms with Crippen LogP contribution in [0.1, 0.15) is 77.4 Å². The minimum atomic E-state index is -0.853. The first kappa shape index (κ1) is 27.6. The molecule has 2 rings (SSSR count). The van der Waals surface area contributed by atoms with Crippen molar-refractivity contribution in [2.75, 3.05) is 7.05 Å². The van der Waals surface area contributed by atoms with Crippen molar-refractivity contribution in [1.29, 1.82) is 0 Å². The van der Waals surface area contributed by atoms with Gasteiger partial charge in [-0.2, -0.15) is 5.10 Å². The van der Waals surface area contributed by atoms with Crippen LogP contribution in [0.15, 0.2) is 29.3 Å². The maximum absolute atomic E-state index is 12.7. The van der Waals surface area contributed by atoms with Crippen LogP contribution in [-0.4, -0.2) is 35.3 Å². The maximum Gasteiger partial charge on any atom is 0.314 e. The van der Waals surface area contributed by atoms with Crippen LogP contribution in [0.3, 0.4) is 0 Å². The van der Waals surface area contributed by atoms with Gasteiger partial charge in [0.2, 0.25) is 6.29 Å². The van der Waals surface area contributed by atoms with E-state index in [0.717, 1.165) is 5.56 Å². The Kier molecular flexibility index (Phi) is 8.75.